The monoisotopic (exact) mass is 347 g/mol. The van der Waals surface area contributed by atoms with Crippen LogP contribution in [0.25, 0.3) is 0 Å². The summed E-state index contributed by atoms with van der Waals surface area (Å²) < 4.78 is 3.47. The predicted molar refractivity (Wildman–Crippen MR) is 89.5 cm³/mol. The molecule has 3 rings (SSSR count). The highest BCUT2D eigenvalue weighted by molar-refractivity contribution is 9.10. The Morgan fingerprint density at radius 1 is 1.19 bits per heavy atom. The van der Waals surface area contributed by atoms with Gasteiger partial charge in [-0.15, -0.1) is 0 Å². The minimum absolute atomic E-state index is 0.0464. The second-order valence-electron chi connectivity index (χ2n) is 5.99. The van der Waals surface area contributed by atoms with Crippen LogP contribution in [0, 0.1) is 6.92 Å². The van der Waals surface area contributed by atoms with Crippen molar-refractivity contribution in [3.8, 4) is 0 Å². The fourth-order valence-corrected chi connectivity index (χ4v) is 3.68. The number of aromatic nitrogens is 2. The fraction of sp³-hybridized carbons (Fsp3) is 0.471. The first-order chi connectivity index (χ1) is 10.1. The first-order valence-corrected chi connectivity index (χ1v) is 8.45. The van der Waals surface area contributed by atoms with Gasteiger partial charge >= 0.3 is 0 Å². The molecule has 2 unspecified atom stereocenters. The predicted octanol–water partition coefficient (Wildman–Crippen LogP) is 3.77. The molecule has 0 fully saturated rings. The molecule has 1 heterocycles. The van der Waals surface area contributed by atoms with E-state index < -0.39 is 0 Å². The second kappa shape index (κ2) is 5.93. The van der Waals surface area contributed by atoms with Gasteiger partial charge in [-0.05, 0) is 57.2 Å². The average molecular weight is 348 g/mol. The maximum atomic E-state index is 6.34. The third kappa shape index (κ3) is 2.79. The second-order valence-corrected chi connectivity index (χ2v) is 6.90. The molecule has 0 aliphatic heterocycles. The van der Waals surface area contributed by atoms with Crippen molar-refractivity contribution < 1.29 is 0 Å². The van der Waals surface area contributed by atoms with Gasteiger partial charge in [0.05, 0.1) is 11.7 Å². The van der Waals surface area contributed by atoms with E-state index in [-0.39, 0.29) is 12.1 Å². The van der Waals surface area contributed by atoms with Crippen LogP contribution in [-0.2, 0) is 12.8 Å². The maximum absolute atomic E-state index is 6.34. The van der Waals surface area contributed by atoms with Gasteiger partial charge in [-0.25, -0.2) is 4.98 Å². The average Bonchev–Trinajstić information content (AvgIpc) is 2.78. The number of hydrogen-bond acceptors (Lipinski definition) is 2. The van der Waals surface area contributed by atoms with Gasteiger partial charge in [-0.2, -0.15) is 0 Å². The number of fused-ring (bicyclic) bond motifs is 1. The van der Waals surface area contributed by atoms with Crippen LogP contribution in [0.15, 0.2) is 28.7 Å². The van der Waals surface area contributed by atoms with Crippen LogP contribution in [0.1, 0.15) is 48.6 Å². The minimum atomic E-state index is 0.0464. The molecule has 0 spiro atoms. The van der Waals surface area contributed by atoms with E-state index in [0.717, 1.165) is 23.1 Å². The van der Waals surface area contributed by atoms with Crippen molar-refractivity contribution in [3.63, 3.8) is 0 Å². The third-order valence-corrected chi connectivity index (χ3v) is 4.86. The van der Waals surface area contributed by atoms with Gasteiger partial charge in [-0.1, -0.05) is 28.1 Å². The summed E-state index contributed by atoms with van der Waals surface area (Å²) in [4.78, 5) is 4.80. The Morgan fingerprint density at radius 3 is 2.52 bits per heavy atom. The molecule has 3 nitrogen and oxygen atoms in total. The lowest BCUT2D eigenvalue weighted by molar-refractivity contribution is 0.465. The van der Waals surface area contributed by atoms with E-state index in [0.29, 0.717) is 0 Å². The van der Waals surface area contributed by atoms with Crippen molar-refractivity contribution in [1.29, 1.82) is 0 Å². The van der Waals surface area contributed by atoms with Gasteiger partial charge < -0.3 is 10.3 Å². The summed E-state index contributed by atoms with van der Waals surface area (Å²) in [5.41, 5.74) is 10.3. The number of benzene rings is 1. The first kappa shape index (κ1) is 14.8. The molecule has 0 bridgehead atoms. The lowest BCUT2D eigenvalue weighted by Crippen LogP contribution is -2.32. The SMILES string of the molecule is Cc1nc2c(n1C(c1ccc(Br)cc1)C(C)N)CCCC2. The van der Waals surface area contributed by atoms with Crippen LogP contribution in [0.4, 0.5) is 0 Å². The van der Waals surface area contributed by atoms with E-state index >= 15 is 0 Å². The minimum Gasteiger partial charge on any atom is -0.326 e. The summed E-state index contributed by atoms with van der Waals surface area (Å²) >= 11 is 3.50. The first-order valence-electron chi connectivity index (χ1n) is 7.65. The summed E-state index contributed by atoms with van der Waals surface area (Å²) in [6.45, 7) is 4.19. The van der Waals surface area contributed by atoms with Gasteiger partial charge in [0, 0.05) is 16.2 Å². The van der Waals surface area contributed by atoms with Crippen LogP contribution in [0.5, 0.6) is 0 Å². The van der Waals surface area contributed by atoms with Crippen LogP contribution in [0.2, 0.25) is 0 Å². The number of hydrogen-bond donors (Lipinski definition) is 1. The van der Waals surface area contributed by atoms with E-state index in [2.05, 4.69) is 58.6 Å². The topological polar surface area (TPSA) is 43.8 Å². The zero-order chi connectivity index (χ0) is 15.0. The van der Waals surface area contributed by atoms with Crippen LogP contribution in [-0.4, -0.2) is 15.6 Å². The molecule has 1 aliphatic carbocycles. The Bertz CT molecular complexity index is 628. The fourth-order valence-electron chi connectivity index (χ4n) is 3.41. The standard InChI is InChI=1S/C17H22BrN3/c1-11(19)17(13-7-9-14(18)10-8-13)21-12(2)20-15-5-3-4-6-16(15)21/h7-11,17H,3-6,19H2,1-2H3. The molecule has 2 N–H and O–H groups in total. The van der Waals surface area contributed by atoms with Gasteiger partial charge in [0.15, 0.2) is 0 Å². The Kier molecular flexibility index (Phi) is 4.18. The number of nitrogens with zero attached hydrogens (tertiary/aromatic N) is 2. The molecule has 0 saturated carbocycles. The number of rotatable bonds is 3. The highest BCUT2D eigenvalue weighted by Crippen LogP contribution is 2.30. The number of imidazole rings is 1. The van der Waals surface area contributed by atoms with Gasteiger partial charge in [0.25, 0.3) is 0 Å². The zero-order valence-corrected chi connectivity index (χ0v) is 14.2. The Morgan fingerprint density at radius 2 is 1.86 bits per heavy atom. The molecule has 0 amide bonds. The molecule has 1 aromatic carbocycles. The summed E-state index contributed by atoms with van der Waals surface area (Å²) in [7, 11) is 0. The summed E-state index contributed by atoms with van der Waals surface area (Å²) in [6.07, 6.45) is 4.74. The van der Waals surface area contributed by atoms with E-state index in [9.17, 15) is 0 Å². The van der Waals surface area contributed by atoms with E-state index in [1.54, 1.807) is 0 Å². The Hall–Kier alpha value is -1.13. The molecule has 1 aromatic heterocycles. The molecule has 4 heteroatoms. The molecule has 112 valence electrons. The Labute approximate surface area is 134 Å². The number of halogens is 1. The van der Waals surface area contributed by atoms with E-state index in [4.69, 9.17) is 10.7 Å². The van der Waals surface area contributed by atoms with Crippen molar-refractivity contribution >= 4 is 15.9 Å². The van der Waals surface area contributed by atoms with Crippen LogP contribution in [0.3, 0.4) is 0 Å². The normalized spacial score (nSPS) is 17.3. The molecule has 2 atom stereocenters. The maximum Gasteiger partial charge on any atom is 0.106 e. The largest absolute Gasteiger partial charge is 0.326 e. The molecule has 0 radical (unpaired) electrons. The Balaban J connectivity index is 2.10. The summed E-state index contributed by atoms with van der Waals surface area (Å²) in [5.74, 6) is 1.09. The quantitative estimate of drug-likeness (QED) is 0.918. The smallest absolute Gasteiger partial charge is 0.106 e. The van der Waals surface area contributed by atoms with E-state index in [1.165, 1.54) is 29.8 Å². The van der Waals surface area contributed by atoms with Crippen molar-refractivity contribution in [1.82, 2.24) is 9.55 Å². The van der Waals surface area contributed by atoms with Gasteiger partial charge in [-0.3, -0.25) is 0 Å². The molecular weight excluding hydrogens is 326 g/mol. The lowest BCUT2D eigenvalue weighted by Gasteiger charge is -2.27. The van der Waals surface area contributed by atoms with Crippen molar-refractivity contribution in [2.24, 2.45) is 5.73 Å². The van der Waals surface area contributed by atoms with Crippen LogP contribution >= 0.6 is 15.9 Å². The molecule has 2 aromatic rings. The molecule has 1 aliphatic rings. The van der Waals surface area contributed by atoms with Gasteiger partial charge in [0.2, 0.25) is 0 Å². The molecule has 21 heavy (non-hydrogen) atoms. The van der Waals surface area contributed by atoms with Crippen LogP contribution < -0.4 is 5.73 Å². The van der Waals surface area contributed by atoms with Gasteiger partial charge in [0.1, 0.15) is 5.82 Å². The molecule has 0 saturated heterocycles. The zero-order valence-electron chi connectivity index (χ0n) is 12.6. The van der Waals surface area contributed by atoms with Crippen molar-refractivity contribution in [3.05, 3.63) is 51.5 Å². The third-order valence-electron chi connectivity index (χ3n) is 4.33. The molecular formula is C17H22BrN3. The number of aryl methyl sites for hydroxylation is 2. The van der Waals surface area contributed by atoms with Crippen molar-refractivity contribution in [2.45, 2.75) is 51.6 Å². The highest BCUT2D eigenvalue weighted by Gasteiger charge is 2.26. The summed E-state index contributed by atoms with van der Waals surface area (Å²) in [6, 6.07) is 8.70. The van der Waals surface area contributed by atoms with Crippen molar-refractivity contribution in [2.75, 3.05) is 0 Å². The summed E-state index contributed by atoms with van der Waals surface area (Å²) in [5, 5.41) is 0. The number of nitrogens with two attached hydrogens (primary N) is 1. The lowest BCUT2D eigenvalue weighted by atomic mass is 9.97. The van der Waals surface area contributed by atoms with E-state index in [1.807, 2.05) is 0 Å². The highest BCUT2D eigenvalue weighted by atomic mass is 79.9.